The summed E-state index contributed by atoms with van der Waals surface area (Å²) < 4.78 is 24.6. The van der Waals surface area contributed by atoms with Crippen molar-refractivity contribution in [3.8, 4) is 0 Å². The first kappa shape index (κ1) is 27.3. The number of likely N-dealkylation sites (N-methyl/N-ethyl adjacent to an activating group) is 1. The highest BCUT2D eigenvalue weighted by Gasteiger charge is 2.29. The van der Waals surface area contributed by atoms with Gasteiger partial charge in [0.25, 0.3) is 0 Å². The average Bonchev–Trinajstić information content (AvgIpc) is 2.83. The number of nitrogens with one attached hydrogen (secondary N) is 1. The number of hydrogen-bond acceptors (Lipinski definition) is 8. The number of halogens is 1. The second kappa shape index (κ2) is 10.9. The van der Waals surface area contributed by atoms with Crippen molar-refractivity contribution in [2.24, 2.45) is 0 Å². The molecule has 0 spiro atoms. The van der Waals surface area contributed by atoms with Gasteiger partial charge in [0, 0.05) is 43.8 Å². The largest absolute Gasteiger partial charge is 0.368 e. The molecule has 0 radical (unpaired) electrons. The van der Waals surface area contributed by atoms with Crippen molar-refractivity contribution in [2.75, 3.05) is 43.4 Å². The van der Waals surface area contributed by atoms with E-state index in [4.69, 9.17) is 16.6 Å². The number of rotatable bonds is 7. The van der Waals surface area contributed by atoms with Crippen LogP contribution in [0.15, 0.2) is 42.7 Å². The maximum atomic E-state index is 12.7. The fraction of sp³-hybridized carbons (Fsp3) is 0.444. The molecule has 8 nitrogen and oxygen atoms in total. The number of piperazine rings is 1. The van der Waals surface area contributed by atoms with Crippen molar-refractivity contribution in [3.05, 3.63) is 70.1 Å². The van der Waals surface area contributed by atoms with E-state index < -0.39 is 14.6 Å². The summed E-state index contributed by atoms with van der Waals surface area (Å²) in [5.41, 5.74) is 4.44. The van der Waals surface area contributed by atoms with Crippen LogP contribution in [0.2, 0.25) is 5.02 Å². The molecule has 2 aromatic heterocycles. The zero-order valence-electron chi connectivity index (χ0n) is 22.1. The summed E-state index contributed by atoms with van der Waals surface area (Å²) in [7, 11) is -1.22. The minimum Gasteiger partial charge on any atom is -0.368 e. The van der Waals surface area contributed by atoms with Crippen LogP contribution < -0.4 is 10.2 Å². The van der Waals surface area contributed by atoms with Crippen LogP contribution in [0.4, 0.5) is 17.5 Å². The Morgan fingerprint density at radius 3 is 2.41 bits per heavy atom. The van der Waals surface area contributed by atoms with Crippen molar-refractivity contribution in [3.63, 3.8) is 0 Å². The van der Waals surface area contributed by atoms with E-state index in [0.717, 1.165) is 48.7 Å². The molecule has 0 saturated carbocycles. The quantitative estimate of drug-likeness (QED) is 0.462. The van der Waals surface area contributed by atoms with Crippen LogP contribution in [0.25, 0.3) is 0 Å². The van der Waals surface area contributed by atoms with Gasteiger partial charge in [0.15, 0.2) is 9.84 Å². The van der Waals surface area contributed by atoms with Gasteiger partial charge in [-0.2, -0.15) is 0 Å². The maximum Gasteiger partial charge on any atom is 0.228 e. The molecule has 0 unspecified atom stereocenters. The summed E-state index contributed by atoms with van der Waals surface area (Å²) in [6, 6.07) is 9.53. The molecule has 4 rings (SSSR count). The number of hydrogen-bond donors (Lipinski definition) is 1. The Balaban J connectivity index is 1.48. The van der Waals surface area contributed by atoms with E-state index in [9.17, 15) is 8.42 Å². The van der Waals surface area contributed by atoms with E-state index in [1.54, 1.807) is 33.0 Å². The Morgan fingerprint density at radius 1 is 1.03 bits per heavy atom. The van der Waals surface area contributed by atoms with Gasteiger partial charge in [0.1, 0.15) is 5.82 Å². The number of nitrogens with zero attached hydrogens (tertiary/aromatic N) is 5. The summed E-state index contributed by atoms with van der Waals surface area (Å²) in [6.07, 6.45) is 4.19. The number of sulfone groups is 1. The molecule has 37 heavy (non-hydrogen) atoms. The molecule has 0 aliphatic carbocycles. The minimum absolute atomic E-state index is 0.103. The molecule has 1 fully saturated rings. The highest BCUT2D eigenvalue weighted by atomic mass is 35.5. The first-order valence-corrected chi connectivity index (χ1v) is 14.4. The van der Waals surface area contributed by atoms with Crippen LogP contribution >= 0.6 is 11.6 Å². The lowest BCUT2D eigenvalue weighted by atomic mass is 10.0. The Labute approximate surface area is 225 Å². The molecule has 10 heteroatoms. The molecule has 0 amide bonds. The van der Waals surface area contributed by atoms with Crippen molar-refractivity contribution in [1.82, 2.24) is 19.9 Å². The average molecular weight is 543 g/mol. The Morgan fingerprint density at radius 2 is 1.76 bits per heavy atom. The lowest BCUT2D eigenvalue weighted by Crippen LogP contribution is -2.44. The zero-order valence-corrected chi connectivity index (χ0v) is 23.7. The molecule has 1 aliphatic rings. The van der Waals surface area contributed by atoms with Gasteiger partial charge in [-0.05, 0) is 69.6 Å². The topological polar surface area (TPSA) is 91.3 Å². The van der Waals surface area contributed by atoms with E-state index in [2.05, 4.69) is 38.2 Å². The normalized spacial score (nSPS) is 15.1. The summed E-state index contributed by atoms with van der Waals surface area (Å²) in [4.78, 5) is 18.4. The molecule has 3 heterocycles. The van der Waals surface area contributed by atoms with Crippen molar-refractivity contribution < 1.29 is 8.42 Å². The van der Waals surface area contributed by atoms with Gasteiger partial charge in [-0.15, -0.1) is 0 Å². The first-order valence-electron chi connectivity index (χ1n) is 12.4. The Hall–Kier alpha value is -2.75. The van der Waals surface area contributed by atoms with Gasteiger partial charge in [-0.1, -0.05) is 23.7 Å². The summed E-state index contributed by atoms with van der Waals surface area (Å²) >= 11 is 6.36. The predicted octanol–water partition coefficient (Wildman–Crippen LogP) is 4.63. The van der Waals surface area contributed by atoms with Gasteiger partial charge in [0.05, 0.1) is 28.1 Å². The minimum atomic E-state index is -3.36. The van der Waals surface area contributed by atoms with Crippen LogP contribution in [0.5, 0.6) is 0 Å². The molecular formula is C27H35ClN6O2S. The lowest BCUT2D eigenvalue weighted by Gasteiger charge is -2.33. The van der Waals surface area contributed by atoms with E-state index in [0.29, 0.717) is 28.8 Å². The number of aryl methyl sites for hydroxylation is 1. The maximum absolute atomic E-state index is 12.7. The third-order valence-electron chi connectivity index (χ3n) is 6.69. The van der Waals surface area contributed by atoms with E-state index in [1.807, 2.05) is 31.3 Å². The van der Waals surface area contributed by atoms with E-state index >= 15 is 0 Å². The molecule has 198 valence electrons. The van der Waals surface area contributed by atoms with Crippen molar-refractivity contribution in [1.29, 1.82) is 0 Å². The van der Waals surface area contributed by atoms with Crippen LogP contribution in [-0.4, -0.2) is 66.2 Å². The fourth-order valence-corrected chi connectivity index (χ4v) is 5.35. The molecular weight excluding hydrogens is 508 g/mol. The van der Waals surface area contributed by atoms with Gasteiger partial charge in [0.2, 0.25) is 5.95 Å². The molecule has 1 saturated heterocycles. The first-order chi connectivity index (χ1) is 17.4. The molecule has 0 atom stereocenters. The number of benzene rings is 1. The number of pyridine rings is 1. The van der Waals surface area contributed by atoms with Gasteiger partial charge in [-0.3, -0.25) is 0 Å². The summed E-state index contributed by atoms with van der Waals surface area (Å²) in [5.74, 6) is 1.04. The molecule has 0 bridgehead atoms. The summed E-state index contributed by atoms with van der Waals surface area (Å²) in [6.45, 7) is 11.1. The van der Waals surface area contributed by atoms with Crippen LogP contribution in [0, 0.1) is 6.92 Å². The Kier molecular flexibility index (Phi) is 8.06. The van der Waals surface area contributed by atoms with E-state index in [1.165, 1.54) is 0 Å². The SMILES string of the molecule is Cc1cnc(Nc2ccc(N3CCN(C)CC3)cn2)nc1Cc1ccc(Cl)c(CS(=O)(=O)C(C)(C)C)c1. The number of anilines is 3. The molecule has 1 aromatic carbocycles. The third kappa shape index (κ3) is 6.77. The van der Waals surface area contributed by atoms with Crippen LogP contribution in [0.1, 0.15) is 43.2 Å². The molecule has 1 N–H and O–H groups in total. The number of aromatic nitrogens is 3. The molecule has 3 aromatic rings. The van der Waals surface area contributed by atoms with E-state index in [-0.39, 0.29) is 5.75 Å². The second-order valence-corrected chi connectivity index (χ2v) is 13.8. The highest BCUT2D eigenvalue weighted by molar-refractivity contribution is 7.91. The van der Waals surface area contributed by atoms with Crippen LogP contribution in [-0.2, 0) is 22.0 Å². The van der Waals surface area contributed by atoms with Crippen molar-refractivity contribution >= 4 is 38.9 Å². The van der Waals surface area contributed by atoms with Crippen LogP contribution in [0.3, 0.4) is 0 Å². The fourth-order valence-electron chi connectivity index (χ4n) is 4.01. The molecule has 1 aliphatic heterocycles. The Bertz CT molecular complexity index is 1350. The lowest BCUT2D eigenvalue weighted by molar-refractivity contribution is 0.313. The van der Waals surface area contributed by atoms with Gasteiger partial charge >= 0.3 is 0 Å². The second-order valence-electron chi connectivity index (χ2n) is 10.6. The third-order valence-corrected chi connectivity index (χ3v) is 9.62. The highest BCUT2D eigenvalue weighted by Crippen LogP contribution is 2.27. The van der Waals surface area contributed by atoms with Crippen molar-refractivity contribution in [2.45, 2.75) is 44.6 Å². The van der Waals surface area contributed by atoms with Gasteiger partial charge in [-0.25, -0.2) is 23.4 Å². The predicted molar refractivity (Wildman–Crippen MR) is 151 cm³/mol. The smallest absolute Gasteiger partial charge is 0.228 e. The zero-order chi connectivity index (χ0) is 26.8. The monoisotopic (exact) mass is 542 g/mol. The summed E-state index contributed by atoms with van der Waals surface area (Å²) in [5, 5.41) is 3.65. The van der Waals surface area contributed by atoms with Gasteiger partial charge < -0.3 is 15.1 Å². The standard InChI is InChI=1S/C27H35ClN6O2S/c1-19-16-30-26(32-25-9-7-22(17-29-25)34-12-10-33(5)11-13-34)31-24(19)15-20-6-8-23(28)21(14-20)18-37(35,36)27(2,3)4/h6-9,14,16-17H,10-13,15,18H2,1-5H3,(H,29,30,31,32).